The molecular formula is C18H30O3. The molecule has 0 spiro atoms. The Morgan fingerprint density at radius 3 is 2.00 bits per heavy atom. The van der Waals surface area contributed by atoms with Crippen molar-refractivity contribution in [2.24, 2.45) is 0 Å². The summed E-state index contributed by atoms with van der Waals surface area (Å²) >= 11 is 0. The van der Waals surface area contributed by atoms with Crippen LogP contribution in [0.4, 0.5) is 0 Å². The summed E-state index contributed by atoms with van der Waals surface area (Å²) in [6, 6.07) is 7.96. The maximum atomic E-state index is 8.98. The molecule has 0 radical (unpaired) electrons. The maximum Gasteiger partial charge on any atom is 0.145 e. The van der Waals surface area contributed by atoms with E-state index >= 15 is 0 Å². The second-order valence-corrected chi connectivity index (χ2v) is 5.62. The Kier molecular flexibility index (Phi) is 9.92. The number of ether oxygens (including phenoxy) is 1. The number of unbranched alkanes of at least 4 members (excludes halogenated alkanes) is 6. The van der Waals surface area contributed by atoms with Crippen molar-refractivity contribution in [2.45, 2.75) is 64.4 Å². The van der Waals surface area contributed by atoms with Gasteiger partial charge in [0.2, 0.25) is 0 Å². The first-order valence-corrected chi connectivity index (χ1v) is 8.27. The first-order chi connectivity index (χ1) is 10.3. The molecule has 120 valence electrons. The molecule has 3 nitrogen and oxygen atoms in total. The molecule has 0 fully saturated rings. The molecule has 0 amide bonds. The Balaban J connectivity index is 2.19. The van der Waals surface area contributed by atoms with Gasteiger partial charge in [0.05, 0.1) is 13.2 Å². The van der Waals surface area contributed by atoms with E-state index in [2.05, 4.69) is 19.1 Å². The molecule has 1 rings (SSSR count). The van der Waals surface area contributed by atoms with Crippen molar-refractivity contribution >= 4 is 0 Å². The van der Waals surface area contributed by atoms with Gasteiger partial charge in [0, 0.05) is 0 Å². The zero-order chi connectivity index (χ0) is 15.3. The average molecular weight is 294 g/mol. The van der Waals surface area contributed by atoms with E-state index in [1.54, 1.807) is 0 Å². The number of benzene rings is 1. The topological polar surface area (TPSA) is 49.7 Å². The standard InChI is InChI=1S/C18H30O3/c1-2-3-4-5-6-7-8-9-16-10-12-17(13-11-16)21-18(14-19)15-20/h10-13,18-20H,2-9,14-15H2,1H3. The predicted octanol–water partition coefficient (Wildman–Crippen LogP) is 3.71. The van der Waals surface area contributed by atoms with Gasteiger partial charge in [0.1, 0.15) is 11.9 Å². The lowest BCUT2D eigenvalue weighted by Crippen LogP contribution is -2.25. The third-order valence-electron chi connectivity index (χ3n) is 3.70. The zero-order valence-corrected chi connectivity index (χ0v) is 13.3. The Morgan fingerprint density at radius 1 is 0.857 bits per heavy atom. The lowest BCUT2D eigenvalue weighted by atomic mass is 10.0. The van der Waals surface area contributed by atoms with E-state index < -0.39 is 6.10 Å². The largest absolute Gasteiger partial charge is 0.486 e. The van der Waals surface area contributed by atoms with Crippen molar-refractivity contribution in [3.63, 3.8) is 0 Å². The molecule has 0 unspecified atom stereocenters. The van der Waals surface area contributed by atoms with Gasteiger partial charge in [-0.1, -0.05) is 57.6 Å². The summed E-state index contributed by atoms with van der Waals surface area (Å²) in [7, 11) is 0. The van der Waals surface area contributed by atoms with Gasteiger partial charge in [0.25, 0.3) is 0 Å². The number of aliphatic hydroxyl groups is 2. The first-order valence-electron chi connectivity index (χ1n) is 8.27. The minimum absolute atomic E-state index is 0.170. The first kappa shape index (κ1) is 18.0. The van der Waals surface area contributed by atoms with E-state index in [0.717, 1.165) is 6.42 Å². The minimum Gasteiger partial charge on any atom is -0.486 e. The molecule has 0 aliphatic carbocycles. The van der Waals surface area contributed by atoms with Gasteiger partial charge in [-0.15, -0.1) is 0 Å². The van der Waals surface area contributed by atoms with Crippen LogP contribution in [0.1, 0.15) is 57.4 Å². The highest BCUT2D eigenvalue weighted by molar-refractivity contribution is 5.27. The fraction of sp³-hybridized carbons (Fsp3) is 0.667. The Morgan fingerprint density at radius 2 is 1.43 bits per heavy atom. The van der Waals surface area contributed by atoms with E-state index in [0.29, 0.717) is 5.75 Å². The Labute approximate surface area is 129 Å². The summed E-state index contributed by atoms with van der Waals surface area (Å²) in [5.74, 6) is 0.700. The molecule has 21 heavy (non-hydrogen) atoms. The van der Waals surface area contributed by atoms with Gasteiger partial charge in [-0.05, 0) is 30.5 Å². The van der Waals surface area contributed by atoms with Crippen LogP contribution in [0, 0.1) is 0 Å². The molecule has 0 aliphatic rings. The van der Waals surface area contributed by atoms with Crippen LogP contribution in [0.25, 0.3) is 0 Å². The highest BCUT2D eigenvalue weighted by Crippen LogP contribution is 2.16. The molecule has 0 atom stereocenters. The fourth-order valence-electron chi connectivity index (χ4n) is 2.35. The van der Waals surface area contributed by atoms with Crippen LogP contribution < -0.4 is 4.74 Å². The van der Waals surface area contributed by atoms with Crippen molar-refractivity contribution in [1.29, 1.82) is 0 Å². The normalized spacial score (nSPS) is 11.0. The molecule has 2 N–H and O–H groups in total. The number of aliphatic hydroxyl groups excluding tert-OH is 2. The summed E-state index contributed by atoms with van der Waals surface area (Å²) in [6.45, 7) is 1.91. The SMILES string of the molecule is CCCCCCCCCc1ccc(OC(CO)CO)cc1. The van der Waals surface area contributed by atoms with E-state index in [1.165, 1.54) is 50.5 Å². The molecular weight excluding hydrogens is 264 g/mol. The second-order valence-electron chi connectivity index (χ2n) is 5.62. The predicted molar refractivity (Wildman–Crippen MR) is 86.7 cm³/mol. The van der Waals surface area contributed by atoms with Gasteiger partial charge in [-0.2, -0.15) is 0 Å². The molecule has 3 heteroatoms. The van der Waals surface area contributed by atoms with Crippen molar-refractivity contribution in [3.05, 3.63) is 29.8 Å². The van der Waals surface area contributed by atoms with E-state index in [-0.39, 0.29) is 13.2 Å². The van der Waals surface area contributed by atoms with Gasteiger partial charge in [-0.3, -0.25) is 0 Å². The number of rotatable bonds is 12. The third kappa shape index (κ3) is 8.08. The van der Waals surface area contributed by atoms with Crippen molar-refractivity contribution in [1.82, 2.24) is 0 Å². The summed E-state index contributed by atoms with van der Waals surface area (Å²) in [5, 5.41) is 18.0. The third-order valence-corrected chi connectivity index (χ3v) is 3.70. The second kappa shape index (κ2) is 11.6. The van der Waals surface area contributed by atoms with E-state index in [4.69, 9.17) is 14.9 Å². The average Bonchev–Trinajstić information content (AvgIpc) is 2.53. The monoisotopic (exact) mass is 294 g/mol. The van der Waals surface area contributed by atoms with Crippen LogP contribution in [0.5, 0.6) is 5.75 Å². The van der Waals surface area contributed by atoms with Crippen LogP contribution in [0.2, 0.25) is 0 Å². The summed E-state index contributed by atoms with van der Waals surface area (Å²) in [6.07, 6.45) is 9.88. The molecule has 0 saturated heterocycles. The highest BCUT2D eigenvalue weighted by Gasteiger charge is 2.06. The van der Waals surface area contributed by atoms with E-state index in [9.17, 15) is 0 Å². The summed E-state index contributed by atoms with van der Waals surface area (Å²) in [5.41, 5.74) is 1.32. The lowest BCUT2D eigenvalue weighted by Gasteiger charge is -2.14. The summed E-state index contributed by atoms with van der Waals surface area (Å²) in [4.78, 5) is 0. The number of aryl methyl sites for hydroxylation is 1. The van der Waals surface area contributed by atoms with Gasteiger partial charge >= 0.3 is 0 Å². The minimum atomic E-state index is -0.529. The van der Waals surface area contributed by atoms with E-state index in [1.807, 2.05) is 12.1 Å². The van der Waals surface area contributed by atoms with Crippen LogP contribution >= 0.6 is 0 Å². The molecule has 1 aromatic rings. The van der Waals surface area contributed by atoms with Crippen LogP contribution in [0.15, 0.2) is 24.3 Å². The Hall–Kier alpha value is -1.06. The van der Waals surface area contributed by atoms with Crippen LogP contribution in [-0.2, 0) is 6.42 Å². The number of hydrogen-bond acceptors (Lipinski definition) is 3. The quantitative estimate of drug-likeness (QED) is 0.578. The van der Waals surface area contributed by atoms with Gasteiger partial charge < -0.3 is 14.9 Å². The van der Waals surface area contributed by atoms with Crippen molar-refractivity contribution in [2.75, 3.05) is 13.2 Å². The lowest BCUT2D eigenvalue weighted by molar-refractivity contribution is 0.0629. The van der Waals surface area contributed by atoms with Crippen molar-refractivity contribution < 1.29 is 14.9 Å². The molecule has 1 aromatic carbocycles. The van der Waals surface area contributed by atoms with Crippen LogP contribution in [-0.4, -0.2) is 29.5 Å². The van der Waals surface area contributed by atoms with Gasteiger partial charge in [-0.25, -0.2) is 0 Å². The molecule has 0 heterocycles. The molecule has 0 bridgehead atoms. The Bertz CT molecular complexity index is 344. The van der Waals surface area contributed by atoms with Crippen molar-refractivity contribution in [3.8, 4) is 5.75 Å². The maximum absolute atomic E-state index is 8.98. The fourth-order valence-corrected chi connectivity index (χ4v) is 2.35. The summed E-state index contributed by atoms with van der Waals surface area (Å²) < 4.78 is 5.45. The number of hydrogen-bond donors (Lipinski definition) is 2. The van der Waals surface area contributed by atoms with Gasteiger partial charge in [0.15, 0.2) is 0 Å². The highest BCUT2D eigenvalue weighted by atomic mass is 16.5. The molecule has 0 saturated carbocycles. The molecule has 0 aliphatic heterocycles. The molecule has 0 aromatic heterocycles. The van der Waals surface area contributed by atoms with Crippen LogP contribution in [0.3, 0.4) is 0 Å². The smallest absolute Gasteiger partial charge is 0.145 e. The zero-order valence-electron chi connectivity index (χ0n) is 13.3.